The van der Waals surface area contributed by atoms with E-state index >= 15 is 0 Å². The Hall–Kier alpha value is -2.12. The number of nitriles is 1. The van der Waals surface area contributed by atoms with Gasteiger partial charge in [-0.05, 0) is 62.4 Å². The zero-order valence-electron chi connectivity index (χ0n) is 13.8. The number of amides is 1. The molecule has 1 N–H and O–H groups in total. The quantitative estimate of drug-likeness (QED) is 0.478. The summed E-state index contributed by atoms with van der Waals surface area (Å²) in [6.45, 7) is 9.76. The van der Waals surface area contributed by atoms with Crippen molar-refractivity contribution in [2.45, 2.75) is 34.1 Å². The molecule has 0 fully saturated rings. The summed E-state index contributed by atoms with van der Waals surface area (Å²) < 4.78 is 5.21. The highest BCUT2D eigenvalue weighted by Gasteiger charge is 2.09. The second-order valence-electron chi connectivity index (χ2n) is 5.27. The molecule has 0 saturated carbocycles. The number of nitrogens with zero attached hydrogens (tertiary/aromatic N) is 1. The summed E-state index contributed by atoms with van der Waals surface area (Å²) in [6.07, 6.45) is 2.39. The van der Waals surface area contributed by atoms with E-state index in [1.165, 1.54) is 5.56 Å². The van der Waals surface area contributed by atoms with Crippen LogP contribution in [-0.4, -0.2) is 25.7 Å². The van der Waals surface area contributed by atoms with Gasteiger partial charge in [0, 0.05) is 19.8 Å². The first-order valence-electron chi connectivity index (χ1n) is 7.55. The lowest BCUT2D eigenvalue weighted by molar-refractivity contribution is -0.117. The number of nitrogens with one attached hydrogen (secondary N) is 1. The second-order valence-corrected chi connectivity index (χ2v) is 5.27. The molecule has 0 aliphatic heterocycles. The predicted octanol–water partition coefficient (Wildman–Crippen LogP) is 3.06. The fourth-order valence-corrected chi connectivity index (χ4v) is 2.06. The van der Waals surface area contributed by atoms with Crippen LogP contribution in [0.25, 0.3) is 6.08 Å². The van der Waals surface area contributed by atoms with E-state index in [4.69, 9.17) is 4.74 Å². The molecule has 22 heavy (non-hydrogen) atoms. The minimum Gasteiger partial charge on any atom is -0.382 e. The van der Waals surface area contributed by atoms with E-state index in [9.17, 15) is 10.1 Å². The molecule has 1 aromatic carbocycles. The Balaban J connectivity index is 2.77. The Morgan fingerprint density at radius 2 is 1.95 bits per heavy atom. The SMILES string of the molecule is CCOCCCNC(=O)C(C#N)=Cc1cc(C)c(C)cc1C. The van der Waals surface area contributed by atoms with Crippen molar-refractivity contribution in [3.63, 3.8) is 0 Å². The van der Waals surface area contributed by atoms with Gasteiger partial charge in [-0.2, -0.15) is 5.26 Å². The average molecular weight is 300 g/mol. The summed E-state index contributed by atoms with van der Waals surface area (Å²) >= 11 is 0. The van der Waals surface area contributed by atoms with Gasteiger partial charge in [0.25, 0.3) is 5.91 Å². The molecule has 0 heterocycles. The van der Waals surface area contributed by atoms with Crippen LogP contribution in [0.3, 0.4) is 0 Å². The summed E-state index contributed by atoms with van der Waals surface area (Å²) in [6, 6.07) is 6.05. The van der Waals surface area contributed by atoms with E-state index in [-0.39, 0.29) is 11.5 Å². The van der Waals surface area contributed by atoms with Gasteiger partial charge in [-0.1, -0.05) is 12.1 Å². The molecule has 1 amide bonds. The fraction of sp³-hybridized carbons (Fsp3) is 0.444. The number of carbonyl (C=O) groups excluding carboxylic acids is 1. The Bertz CT molecular complexity index is 598. The van der Waals surface area contributed by atoms with E-state index in [1.54, 1.807) is 6.08 Å². The number of hydrogen-bond acceptors (Lipinski definition) is 3. The minimum atomic E-state index is -0.336. The van der Waals surface area contributed by atoms with Crippen LogP contribution in [-0.2, 0) is 9.53 Å². The van der Waals surface area contributed by atoms with Crippen molar-refractivity contribution < 1.29 is 9.53 Å². The number of hydrogen-bond donors (Lipinski definition) is 1. The Morgan fingerprint density at radius 1 is 1.27 bits per heavy atom. The van der Waals surface area contributed by atoms with Gasteiger partial charge in [0.1, 0.15) is 11.6 Å². The largest absolute Gasteiger partial charge is 0.382 e. The predicted molar refractivity (Wildman–Crippen MR) is 88.4 cm³/mol. The number of carbonyl (C=O) groups is 1. The van der Waals surface area contributed by atoms with Crippen molar-refractivity contribution in [1.82, 2.24) is 5.32 Å². The third kappa shape index (κ3) is 5.34. The molecule has 0 aliphatic carbocycles. The third-order valence-electron chi connectivity index (χ3n) is 3.50. The lowest BCUT2D eigenvalue weighted by atomic mass is 9.99. The van der Waals surface area contributed by atoms with Crippen LogP contribution in [0.4, 0.5) is 0 Å². The normalized spacial score (nSPS) is 11.1. The molecular formula is C18H24N2O2. The van der Waals surface area contributed by atoms with Crippen molar-refractivity contribution in [2.24, 2.45) is 0 Å². The average Bonchev–Trinajstić information content (AvgIpc) is 2.49. The zero-order chi connectivity index (χ0) is 16.5. The molecule has 118 valence electrons. The first-order valence-corrected chi connectivity index (χ1v) is 7.55. The van der Waals surface area contributed by atoms with Gasteiger partial charge in [0.15, 0.2) is 0 Å². The van der Waals surface area contributed by atoms with E-state index in [1.807, 2.05) is 39.8 Å². The number of benzene rings is 1. The van der Waals surface area contributed by atoms with Crippen molar-refractivity contribution in [2.75, 3.05) is 19.8 Å². The number of rotatable bonds is 7. The summed E-state index contributed by atoms with van der Waals surface area (Å²) in [5.41, 5.74) is 4.44. The molecular weight excluding hydrogens is 276 g/mol. The van der Waals surface area contributed by atoms with E-state index in [0.29, 0.717) is 19.8 Å². The van der Waals surface area contributed by atoms with Gasteiger partial charge >= 0.3 is 0 Å². The number of aryl methyl sites for hydroxylation is 3. The molecule has 0 aliphatic rings. The summed E-state index contributed by atoms with van der Waals surface area (Å²) in [5, 5.41) is 12.0. The van der Waals surface area contributed by atoms with E-state index in [0.717, 1.165) is 23.1 Å². The maximum atomic E-state index is 12.0. The molecule has 0 bridgehead atoms. The molecule has 0 aromatic heterocycles. The number of ether oxygens (including phenoxy) is 1. The highest BCUT2D eigenvalue weighted by atomic mass is 16.5. The van der Waals surface area contributed by atoms with Crippen molar-refractivity contribution >= 4 is 12.0 Å². The van der Waals surface area contributed by atoms with Crippen LogP contribution in [0.2, 0.25) is 0 Å². The maximum absolute atomic E-state index is 12.0. The zero-order valence-corrected chi connectivity index (χ0v) is 13.8. The van der Waals surface area contributed by atoms with Gasteiger partial charge in [0.05, 0.1) is 0 Å². The van der Waals surface area contributed by atoms with Gasteiger partial charge in [-0.15, -0.1) is 0 Å². The lowest BCUT2D eigenvalue weighted by Crippen LogP contribution is -2.26. The monoisotopic (exact) mass is 300 g/mol. The lowest BCUT2D eigenvalue weighted by Gasteiger charge is -2.08. The van der Waals surface area contributed by atoms with Crippen LogP contribution in [0.1, 0.15) is 35.6 Å². The maximum Gasteiger partial charge on any atom is 0.261 e. The van der Waals surface area contributed by atoms with Crippen LogP contribution in [0, 0.1) is 32.1 Å². The Morgan fingerprint density at radius 3 is 2.59 bits per heavy atom. The second kappa shape index (κ2) is 9.01. The molecule has 0 radical (unpaired) electrons. The third-order valence-corrected chi connectivity index (χ3v) is 3.50. The standard InChI is InChI=1S/C18H24N2O2/c1-5-22-8-6-7-20-18(21)17(12-19)11-16-10-14(3)13(2)9-15(16)4/h9-11H,5-8H2,1-4H3,(H,20,21). The topological polar surface area (TPSA) is 62.1 Å². The fourth-order valence-electron chi connectivity index (χ4n) is 2.06. The summed E-state index contributed by atoms with van der Waals surface area (Å²) in [7, 11) is 0. The van der Waals surface area contributed by atoms with Crippen molar-refractivity contribution in [3.05, 3.63) is 40.0 Å². The molecule has 0 saturated heterocycles. The smallest absolute Gasteiger partial charge is 0.261 e. The first kappa shape index (κ1) is 17.9. The highest BCUT2D eigenvalue weighted by Crippen LogP contribution is 2.18. The first-order chi connectivity index (χ1) is 10.5. The van der Waals surface area contributed by atoms with Crippen LogP contribution in [0.15, 0.2) is 17.7 Å². The Labute approximate surface area is 132 Å². The Kier molecular flexibility index (Phi) is 7.34. The molecule has 0 unspecified atom stereocenters. The molecule has 1 aromatic rings. The van der Waals surface area contributed by atoms with E-state index in [2.05, 4.69) is 11.4 Å². The van der Waals surface area contributed by atoms with E-state index < -0.39 is 0 Å². The summed E-state index contributed by atoms with van der Waals surface area (Å²) in [4.78, 5) is 12.0. The van der Waals surface area contributed by atoms with Gasteiger partial charge < -0.3 is 10.1 Å². The highest BCUT2D eigenvalue weighted by molar-refractivity contribution is 6.01. The molecule has 4 heteroatoms. The molecule has 0 atom stereocenters. The summed E-state index contributed by atoms with van der Waals surface area (Å²) in [5.74, 6) is -0.336. The van der Waals surface area contributed by atoms with Crippen LogP contribution in [0.5, 0.6) is 0 Å². The van der Waals surface area contributed by atoms with Gasteiger partial charge in [-0.3, -0.25) is 4.79 Å². The van der Waals surface area contributed by atoms with Crippen LogP contribution >= 0.6 is 0 Å². The minimum absolute atomic E-state index is 0.128. The van der Waals surface area contributed by atoms with Crippen molar-refractivity contribution in [3.8, 4) is 6.07 Å². The van der Waals surface area contributed by atoms with Gasteiger partial charge in [-0.25, -0.2) is 0 Å². The molecule has 1 rings (SSSR count). The molecule has 0 spiro atoms. The van der Waals surface area contributed by atoms with Crippen LogP contribution < -0.4 is 5.32 Å². The van der Waals surface area contributed by atoms with Gasteiger partial charge in [0.2, 0.25) is 0 Å². The van der Waals surface area contributed by atoms with Crippen molar-refractivity contribution in [1.29, 1.82) is 5.26 Å². The molecule has 4 nitrogen and oxygen atoms in total.